The summed E-state index contributed by atoms with van der Waals surface area (Å²) in [7, 11) is 0. The van der Waals surface area contributed by atoms with Gasteiger partial charge in [-0.3, -0.25) is 9.59 Å². The molecule has 1 amide bonds. The molecule has 2 aliphatic rings. The van der Waals surface area contributed by atoms with Crippen molar-refractivity contribution < 1.29 is 27.4 Å². The standard InChI is InChI=1S/C23H25F3N6O4/c24-23(25,26)21-18(13-29-30-22(21)34)35-14-17-3-1-2-16(36-17)10-20(33)32-8-6-31(7-9-32)19-5-4-15(11-27)12-28-19/h4-5,12-13,16-17H,1-3,6-10,14H2,(H,30,34)/t16-,17-/m0/s1. The minimum absolute atomic E-state index is 0.0489. The zero-order valence-electron chi connectivity index (χ0n) is 19.3. The average molecular weight is 506 g/mol. The lowest BCUT2D eigenvalue weighted by molar-refractivity contribution is -0.142. The Morgan fingerprint density at radius 3 is 2.61 bits per heavy atom. The van der Waals surface area contributed by atoms with Crippen LogP contribution in [0.4, 0.5) is 19.0 Å². The number of rotatable bonds is 6. The van der Waals surface area contributed by atoms with Gasteiger partial charge in [0.2, 0.25) is 5.91 Å². The lowest BCUT2D eigenvalue weighted by Gasteiger charge is -2.37. The molecule has 2 saturated heterocycles. The van der Waals surface area contributed by atoms with Gasteiger partial charge in [0, 0.05) is 32.4 Å². The third-order valence-electron chi connectivity index (χ3n) is 6.20. The number of carbonyl (C=O) groups is 1. The topological polar surface area (TPSA) is 124 Å². The average Bonchev–Trinajstić information content (AvgIpc) is 2.87. The molecule has 0 spiro atoms. The number of alkyl halides is 3. The van der Waals surface area contributed by atoms with Gasteiger partial charge in [0.05, 0.1) is 30.4 Å². The second-order valence-corrected chi connectivity index (χ2v) is 8.65. The van der Waals surface area contributed by atoms with Crippen LogP contribution in [0.2, 0.25) is 0 Å². The van der Waals surface area contributed by atoms with Crippen LogP contribution in [-0.4, -0.2) is 71.0 Å². The van der Waals surface area contributed by atoms with E-state index in [-0.39, 0.29) is 25.0 Å². The Balaban J connectivity index is 1.26. The van der Waals surface area contributed by atoms with Gasteiger partial charge >= 0.3 is 6.18 Å². The summed E-state index contributed by atoms with van der Waals surface area (Å²) in [5, 5.41) is 14.0. The highest BCUT2D eigenvalue weighted by atomic mass is 19.4. The molecular formula is C23H25F3N6O4. The molecule has 0 radical (unpaired) electrons. The smallest absolute Gasteiger partial charge is 0.425 e. The molecule has 0 aromatic carbocycles. The maximum absolute atomic E-state index is 13.2. The molecule has 0 unspecified atom stereocenters. The summed E-state index contributed by atoms with van der Waals surface area (Å²) in [5.41, 5.74) is -2.32. The molecule has 4 heterocycles. The van der Waals surface area contributed by atoms with E-state index in [0.29, 0.717) is 44.6 Å². The van der Waals surface area contributed by atoms with Crippen LogP contribution in [0, 0.1) is 11.3 Å². The molecule has 0 aliphatic carbocycles. The number of pyridine rings is 1. The second-order valence-electron chi connectivity index (χ2n) is 8.65. The van der Waals surface area contributed by atoms with E-state index in [0.717, 1.165) is 18.4 Å². The zero-order valence-corrected chi connectivity index (χ0v) is 19.3. The fraction of sp³-hybridized carbons (Fsp3) is 0.522. The normalized spacial score (nSPS) is 20.6. The quantitative estimate of drug-likeness (QED) is 0.632. The summed E-state index contributed by atoms with van der Waals surface area (Å²) in [5.74, 6) is 0.0543. The summed E-state index contributed by atoms with van der Waals surface area (Å²) < 4.78 is 50.8. The number of H-pyrrole nitrogens is 1. The van der Waals surface area contributed by atoms with Gasteiger partial charge in [-0.15, -0.1) is 0 Å². The summed E-state index contributed by atoms with van der Waals surface area (Å²) >= 11 is 0. The molecular weight excluding hydrogens is 481 g/mol. The fourth-order valence-corrected chi connectivity index (χ4v) is 4.34. The predicted octanol–water partition coefficient (Wildman–Crippen LogP) is 2.11. The highest BCUT2D eigenvalue weighted by Crippen LogP contribution is 2.33. The van der Waals surface area contributed by atoms with Crippen molar-refractivity contribution in [2.75, 3.05) is 37.7 Å². The third kappa shape index (κ3) is 6.12. The van der Waals surface area contributed by atoms with E-state index >= 15 is 0 Å². The van der Waals surface area contributed by atoms with E-state index < -0.39 is 29.2 Å². The van der Waals surface area contributed by atoms with Crippen LogP contribution in [0.1, 0.15) is 36.8 Å². The van der Waals surface area contributed by atoms with Crippen molar-refractivity contribution >= 4 is 11.7 Å². The van der Waals surface area contributed by atoms with Crippen molar-refractivity contribution in [2.24, 2.45) is 0 Å². The molecule has 13 heteroatoms. The summed E-state index contributed by atoms with van der Waals surface area (Å²) in [6.07, 6.45) is -1.26. The molecule has 4 rings (SSSR count). The van der Waals surface area contributed by atoms with Gasteiger partial charge in [0.25, 0.3) is 5.56 Å². The number of nitrogens with one attached hydrogen (secondary N) is 1. The van der Waals surface area contributed by atoms with Crippen molar-refractivity contribution in [1.82, 2.24) is 20.1 Å². The van der Waals surface area contributed by atoms with Gasteiger partial charge in [-0.05, 0) is 31.4 Å². The Kier molecular flexibility index (Phi) is 7.73. The van der Waals surface area contributed by atoms with Crippen LogP contribution < -0.4 is 15.2 Å². The number of nitriles is 1. The van der Waals surface area contributed by atoms with E-state index in [1.807, 2.05) is 11.0 Å². The molecule has 0 saturated carbocycles. The molecule has 10 nitrogen and oxygen atoms in total. The van der Waals surface area contributed by atoms with Crippen LogP contribution in [0.5, 0.6) is 5.75 Å². The number of amides is 1. The number of ether oxygens (including phenoxy) is 2. The van der Waals surface area contributed by atoms with E-state index in [4.69, 9.17) is 14.7 Å². The third-order valence-corrected chi connectivity index (χ3v) is 6.20. The number of halogens is 3. The Morgan fingerprint density at radius 1 is 1.19 bits per heavy atom. The number of aromatic amines is 1. The van der Waals surface area contributed by atoms with E-state index in [9.17, 15) is 22.8 Å². The fourth-order valence-electron chi connectivity index (χ4n) is 4.34. The Bertz CT molecular complexity index is 1160. The molecule has 2 atom stereocenters. The number of nitrogens with zero attached hydrogens (tertiary/aromatic N) is 5. The molecule has 2 aliphatic heterocycles. The predicted molar refractivity (Wildman–Crippen MR) is 120 cm³/mol. The lowest BCUT2D eigenvalue weighted by atomic mass is 10.0. The Hall–Kier alpha value is -3.66. The maximum atomic E-state index is 13.2. The number of hydrogen-bond donors (Lipinski definition) is 1. The number of aromatic nitrogens is 3. The molecule has 1 N–H and O–H groups in total. The van der Waals surface area contributed by atoms with Gasteiger partial charge in [0.1, 0.15) is 18.5 Å². The number of anilines is 1. The van der Waals surface area contributed by atoms with Gasteiger partial charge in [-0.25, -0.2) is 10.1 Å². The first-order valence-corrected chi connectivity index (χ1v) is 11.6. The van der Waals surface area contributed by atoms with Crippen LogP contribution in [0.3, 0.4) is 0 Å². The Morgan fingerprint density at radius 2 is 1.94 bits per heavy atom. The van der Waals surface area contributed by atoms with Crippen molar-refractivity contribution in [3.63, 3.8) is 0 Å². The number of hydrogen-bond acceptors (Lipinski definition) is 8. The molecule has 192 valence electrons. The minimum atomic E-state index is -4.88. The van der Waals surface area contributed by atoms with E-state index in [2.05, 4.69) is 10.1 Å². The van der Waals surface area contributed by atoms with Crippen LogP contribution in [0.15, 0.2) is 29.3 Å². The van der Waals surface area contributed by atoms with Gasteiger partial charge in [-0.1, -0.05) is 0 Å². The van der Waals surface area contributed by atoms with Gasteiger partial charge in [-0.2, -0.15) is 23.5 Å². The van der Waals surface area contributed by atoms with Crippen LogP contribution in [0.25, 0.3) is 0 Å². The zero-order chi connectivity index (χ0) is 25.7. The highest BCUT2D eigenvalue weighted by molar-refractivity contribution is 5.77. The maximum Gasteiger partial charge on any atom is 0.425 e. The molecule has 2 fully saturated rings. The first-order valence-electron chi connectivity index (χ1n) is 11.6. The summed E-state index contributed by atoms with van der Waals surface area (Å²) in [6, 6.07) is 5.52. The highest BCUT2D eigenvalue weighted by Gasteiger charge is 2.38. The SMILES string of the molecule is N#Cc1ccc(N2CCN(C(=O)C[C@@H]3CCC[C@@H](COc4cn[nH]c(=O)c4C(F)(F)F)O3)CC2)nc1. The summed E-state index contributed by atoms with van der Waals surface area (Å²) in [4.78, 5) is 32.5. The van der Waals surface area contributed by atoms with Crippen molar-refractivity contribution in [3.8, 4) is 11.8 Å². The van der Waals surface area contributed by atoms with Crippen molar-refractivity contribution in [3.05, 3.63) is 46.0 Å². The molecule has 36 heavy (non-hydrogen) atoms. The van der Waals surface area contributed by atoms with Crippen molar-refractivity contribution in [1.29, 1.82) is 5.26 Å². The monoisotopic (exact) mass is 506 g/mol. The molecule has 0 bridgehead atoms. The number of piperazine rings is 1. The van der Waals surface area contributed by atoms with E-state index in [1.54, 1.807) is 22.1 Å². The van der Waals surface area contributed by atoms with E-state index in [1.165, 1.54) is 6.20 Å². The van der Waals surface area contributed by atoms with Crippen LogP contribution in [-0.2, 0) is 15.7 Å². The van der Waals surface area contributed by atoms with Gasteiger partial charge in [0.15, 0.2) is 11.3 Å². The van der Waals surface area contributed by atoms with Gasteiger partial charge < -0.3 is 19.3 Å². The second kappa shape index (κ2) is 10.9. The molecule has 2 aromatic heterocycles. The first-order chi connectivity index (χ1) is 17.2. The largest absolute Gasteiger partial charge is 0.488 e. The molecule has 2 aromatic rings. The first kappa shape index (κ1) is 25.4. The van der Waals surface area contributed by atoms with Crippen LogP contribution >= 0.6 is 0 Å². The lowest BCUT2D eigenvalue weighted by Crippen LogP contribution is -2.50. The number of carbonyl (C=O) groups excluding carboxylic acids is 1. The summed E-state index contributed by atoms with van der Waals surface area (Å²) in [6.45, 7) is 2.08. The minimum Gasteiger partial charge on any atom is -0.488 e. The Labute approximate surface area is 204 Å². The van der Waals surface area contributed by atoms with Crippen molar-refractivity contribution in [2.45, 2.75) is 44.1 Å².